The fourth-order valence-electron chi connectivity index (χ4n) is 2.11. The number of pyridine rings is 1. The van der Waals surface area contributed by atoms with E-state index in [2.05, 4.69) is 17.2 Å². The second kappa shape index (κ2) is 7.38. The van der Waals surface area contributed by atoms with Gasteiger partial charge in [-0.3, -0.25) is 4.98 Å². The number of halogens is 2. The van der Waals surface area contributed by atoms with Gasteiger partial charge in [0.15, 0.2) is 0 Å². The summed E-state index contributed by atoms with van der Waals surface area (Å²) < 4.78 is 18.6. The smallest absolute Gasteiger partial charge is 0.141 e. The molecule has 2 rings (SSSR count). The van der Waals surface area contributed by atoms with Crippen LogP contribution >= 0.6 is 11.6 Å². The van der Waals surface area contributed by atoms with Crippen LogP contribution in [0, 0.1) is 5.82 Å². The van der Waals surface area contributed by atoms with Crippen LogP contribution in [0.4, 0.5) is 4.39 Å². The fourth-order valence-corrected chi connectivity index (χ4v) is 2.30. The number of ether oxygens (including phenoxy) is 1. The molecule has 0 saturated heterocycles. The summed E-state index contributed by atoms with van der Waals surface area (Å²) in [4.78, 5) is 4.18. The maximum Gasteiger partial charge on any atom is 0.141 e. The molecule has 1 aromatic heterocycles. The van der Waals surface area contributed by atoms with Crippen LogP contribution in [0.3, 0.4) is 0 Å². The number of nitrogens with zero attached hydrogens (tertiary/aromatic N) is 1. The molecule has 0 spiro atoms. The van der Waals surface area contributed by atoms with E-state index in [1.807, 2.05) is 6.07 Å². The number of hydrogen-bond acceptors (Lipinski definition) is 3. The van der Waals surface area contributed by atoms with Gasteiger partial charge in [-0.2, -0.15) is 0 Å². The summed E-state index contributed by atoms with van der Waals surface area (Å²) in [6.45, 7) is 2.92. The Bertz CT molecular complexity index is 607. The maximum absolute atomic E-state index is 13.4. The van der Waals surface area contributed by atoms with Gasteiger partial charge in [0.05, 0.1) is 24.4 Å². The molecule has 0 aliphatic heterocycles. The highest BCUT2D eigenvalue weighted by Crippen LogP contribution is 2.27. The zero-order chi connectivity index (χ0) is 15.2. The van der Waals surface area contributed by atoms with Crippen LogP contribution in [-0.2, 0) is 0 Å². The molecule has 2 aromatic rings. The normalized spacial score (nSPS) is 12.2. The Morgan fingerprint density at radius 3 is 2.76 bits per heavy atom. The van der Waals surface area contributed by atoms with Crippen molar-refractivity contribution in [1.82, 2.24) is 10.3 Å². The third-order valence-corrected chi connectivity index (χ3v) is 3.47. The van der Waals surface area contributed by atoms with Crippen LogP contribution in [0.2, 0.25) is 5.02 Å². The molecular weight excluding hydrogens is 291 g/mol. The van der Waals surface area contributed by atoms with Crippen LogP contribution in [0.25, 0.3) is 0 Å². The van der Waals surface area contributed by atoms with Crippen molar-refractivity contribution in [3.8, 4) is 5.75 Å². The minimum Gasteiger partial charge on any atom is -0.495 e. The van der Waals surface area contributed by atoms with E-state index in [1.165, 1.54) is 6.07 Å². The third-order valence-electron chi connectivity index (χ3n) is 3.18. The Morgan fingerprint density at radius 2 is 2.10 bits per heavy atom. The van der Waals surface area contributed by atoms with Gasteiger partial charge in [-0.05, 0) is 42.3 Å². The number of rotatable bonds is 6. The lowest BCUT2D eigenvalue weighted by molar-refractivity contribution is 0.411. The molecule has 3 nitrogen and oxygen atoms in total. The van der Waals surface area contributed by atoms with E-state index in [0.717, 1.165) is 24.1 Å². The van der Waals surface area contributed by atoms with Gasteiger partial charge in [-0.15, -0.1) is 0 Å². The topological polar surface area (TPSA) is 34.2 Å². The molecule has 0 fully saturated rings. The fraction of sp³-hybridized carbons (Fsp3) is 0.312. The first-order chi connectivity index (χ1) is 10.2. The highest BCUT2D eigenvalue weighted by molar-refractivity contribution is 6.30. The Labute approximate surface area is 129 Å². The van der Waals surface area contributed by atoms with Gasteiger partial charge >= 0.3 is 0 Å². The molecule has 0 saturated carbocycles. The number of aromatic nitrogens is 1. The van der Waals surface area contributed by atoms with Crippen LogP contribution in [0.15, 0.2) is 36.7 Å². The molecular formula is C16H18ClFN2O. The highest BCUT2D eigenvalue weighted by Gasteiger charge is 2.16. The molecule has 0 amide bonds. The van der Waals surface area contributed by atoms with Gasteiger partial charge in [-0.25, -0.2) is 4.39 Å². The second-order valence-corrected chi connectivity index (χ2v) is 5.13. The molecule has 0 aliphatic rings. The standard InChI is InChI=1S/C16H18ClFN2O/c1-3-6-20-16(11-4-5-15(18)14(17)8-11)12-7-13(21-2)10-19-9-12/h4-5,7-10,16,20H,3,6H2,1-2H3. The number of nitrogens with one attached hydrogen (secondary N) is 1. The number of benzene rings is 1. The number of methoxy groups -OCH3 is 1. The molecule has 112 valence electrons. The van der Waals surface area contributed by atoms with Gasteiger partial charge in [-0.1, -0.05) is 24.6 Å². The molecule has 1 N–H and O–H groups in total. The summed E-state index contributed by atoms with van der Waals surface area (Å²) >= 11 is 5.89. The van der Waals surface area contributed by atoms with Crippen molar-refractivity contribution in [3.63, 3.8) is 0 Å². The van der Waals surface area contributed by atoms with Crippen molar-refractivity contribution in [2.75, 3.05) is 13.7 Å². The Kier molecular flexibility index (Phi) is 5.53. The van der Waals surface area contributed by atoms with Gasteiger partial charge in [0.2, 0.25) is 0 Å². The van der Waals surface area contributed by atoms with E-state index < -0.39 is 5.82 Å². The van der Waals surface area contributed by atoms with E-state index in [1.54, 1.807) is 31.6 Å². The molecule has 0 bridgehead atoms. The number of hydrogen-bond donors (Lipinski definition) is 1. The van der Waals surface area contributed by atoms with Crippen LogP contribution < -0.4 is 10.1 Å². The van der Waals surface area contributed by atoms with E-state index >= 15 is 0 Å². The van der Waals surface area contributed by atoms with Crippen molar-refractivity contribution < 1.29 is 9.13 Å². The van der Waals surface area contributed by atoms with Crippen molar-refractivity contribution in [1.29, 1.82) is 0 Å². The molecule has 0 radical (unpaired) electrons. The molecule has 0 aliphatic carbocycles. The Hall–Kier alpha value is -1.65. The van der Waals surface area contributed by atoms with Crippen molar-refractivity contribution in [3.05, 3.63) is 58.6 Å². The predicted molar refractivity (Wildman–Crippen MR) is 82.3 cm³/mol. The lowest BCUT2D eigenvalue weighted by Crippen LogP contribution is -2.23. The minimum atomic E-state index is -0.418. The average molecular weight is 309 g/mol. The molecule has 1 aromatic carbocycles. The first kappa shape index (κ1) is 15.7. The molecule has 1 heterocycles. The van der Waals surface area contributed by atoms with Crippen LogP contribution in [0.5, 0.6) is 5.75 Å². The van der Waals surface area contributed by atoms with E-state index in [0.29, 0.717) is 5.75 Å². The van der Waals surface area contributed by atoms with Crippen molar-refractivity contribution in [2.45, 2.75) is 19.4 Å². The van der Waals surface area contributed by atoms with Crippen LogP contribution in [0.1, 0.15) is 30.5 Å². The molecule has 1 unspecified atom stereocenters. The highest BCUT2D eigenvalue weighted by atomic mass is 35.5. The Morgan fingerprint density at radius 1 is 1.29 bits per heavy atom. The summed E-state index contributed by atoms with van der Waals surface area (Å²) in [6.07, 6.45) is 4.41. The monoisotopic (exact) mass is 308 g/mol. The molecule has 1 atom stereocenters. The lowest BCUT2D eigenvalue weighted by atomic mass is 10.00. The van der Waals surface area contributed by atoms with E-state index in [4.69, 9.17) is 16.3 Å². The van der Waals surface area contributed by atoms with Crippen LogP contribution in [-0.4, -0.2) is 18.6 Å². The zero-order valence-corrected chi connectivity index (χ0v) is 12.8. The zero-order valence-electron chi connectivity index (χ0n) is 12.1. The third kappa shape index (κ3) is 3.93. The predicted octanol–water partition coefficient (Wildman–Crippen LogP) is 3.97. The Balaban J connectivity index is 2.38. The van der Waals surface area contributed by atoms with Gasteiger partial charge < -0.3 is 10.1 Å². The average Bonchev–Trinajstić information content (AvgIpc) is 2.51. The van der Waals surface area contributed by atoms with Gasteiger partial charge in [0.1, 0.15) is 11.6 Å². The first-order valence-corrected chi connectivity index (χ1v) is 7.20. The largest absolute Gasteiger partial charge is 0.495 e. The van der Waals surface area contributed by atoms with Crippen molar-refractivity contribution in [2.24, 2.45) is 0 Å². The maximum atomic E-state index is 13.4. The lowest BCUT2D eigenvalue weighted by Gasteiger charge is -2.20. The second-order valence-electron chi connectivity index (χ2n) is 4.72. The molecule has 5 heteroatoms. The molecule has 21 heavy (non-hydrogen) atoms. The summed E-state index contributed by atoms with van der Waals surface area (Å²) in [6, 6.07) is 6.56. The summed E-state index contributed by atoms with van der Waals surface area (Å²) in [7, 11) is 1.60. The van der Waals surface area contributed by atoms with Gasteiger partial charge in [0.25, 0.3) is 0 Å². The van der Waals surface area contributed by atoms with E-state index in [-0.39, 0.29) is 11.1 Å². The van der Waals surface area contributed by atoms with Gasteiger partial charge in [0, 0.05) is 6.20 Å². The minimum absolute atomic E-state index is 0.106. The first-order valence-electron chi connectivity index (χ1n) is 6.83. The van der Waals surface area contributed by atoms with Crippen molar-refractivity contribution >= 4 is 11.6 Å². The SMILES string of the molecule is CCCNC(c1cncc(OC)c1)c1ccc(F)c(Cl)c1. The summed E-state index contributed by atoms with van der Waals surface area (Å²) in [5.74, 6) is 0.266. The summed E-state index contributed by atoms with van der Waals surface area (Å²) in [5.41, 5.74) is 1.84. The quantitative estimate of drug-likeness (QED) is 0.876. The summed E-state index contributed by atoms with van der Waals surface area (Å²) in [5, 5.41) is 3.54. The van der Waals surface area contributed by atoms with E-state index in [9.17, 15) is 4.39 Å².